The first-order valence-electron chi connectivity index (χ1n) is 7.30. The highest BCUT2D eigenvalue weighted by Crippen LogP contribution is 2.15. The average molecular weight is 359 g/mol. The summed E-state index contributed by atoms with van der Waals surface area (Å²) in [5.41, 5.74) is 6.37. The Morgan fingerprint density at radius 3 is 2.45 bits per heavy atom. The zero-order valence-corrected chi connectivity index (χ0v) is 14.4. The normalized spacial score (nSPS) is 11.3. The van der Waals surface area contributed by atoms with Crippen LogP contribution in [0.15, 0.2) is 58.1 Å². The molecule has 0 fully saturated rings. The number of carbonyl (C=O) groups excluding carboxylic acids is 1. The summed E-state index contributed by atoms with van der Waals surface area (Å²) >= 11 is 3.38. The molecule has 2 aromatic carbocycles. The van der Waals surface area contributed by atoms with Crippen molar-refractivity contribution in [3.05, 3.63) is 69.7 Å². The topological polar surface area (TPSA) is 41.5 Å². The molecule has 0 aliphatic rings. The molecule has 114 valence electrons. The number of nitrogens with one attached hydrogen (secondary N) is 1. The van der Waals surface area contributed by atoms with Gasteiger partial charge in [0.15, 0.2) is 0 Å². The zero-order valence-electron chi connectivity index (χ0n) is 12.8. The maximum absolute atomic E-state index is 12.2. The minimum absolute atomic E-state index is 0.215. The lowest BCUT2D eigenvalue weighted by Gasteiger charge is -2.08. The molecule has 0 atom stereocenters. The SMILES string of the molecule is CCC/C(=N/NC(=O)c1ccccc1Br)c1ccc(C)cc1. The fourth-order valence-electron chi connectivity index (χ4n) is 2.07. The third kappa shape index (κ3) is 4.28. The highest BCUT2D eigenvalue weighted by Gasteiger charge is 2.09. The van der Waals surface area contributed by atoms with E-state index in [1.54, 1.807) is 6.07 Å². The molecule has 22 heavy (non-hydrogen) atoms. The van der Waals surface area contributed by atoms with E-state index in [-0.39, 0.29) is 5.91 Å². The van der Waals surface area contributed by atoms with Gasteiger partial charge in [0.05, 0.1) is 11.3 Å². The minimum Gasteiger partial charge on any atom is -0.267 e. The molecule has 0 aromatic heterocycles. The van der Waals surface area contributed by atoms with Crippen LogP contribution >= 0.6 is 15.9 Å². The Bertz CT molecular complexity index is 678. The summed E-state index contributed by atoms with van der Waals surface area (Å²) in [7, 11) is 0. The number of nitrogens with zero attached hydrogens (tertiary/aromatic N) is 1. The number of carbonyl (C=O) groups is 1. The molecular weight excluding hydrogens is 340 g/mol. The lowest BCUT2D eigenvalue weighted by atomic mass is 10.0. The second-order valence-corrected chi connectivity index (χ2v) is 5.95. The van der Waals surface area contributed by atoms with E-state index in [0.29, 0.717) is 5.56 Å². The smallest absolute Gasteiger partial charge is 0.267 e. The van der Waals surface area contributed by atoms with Crippen molar-refractivity contribution in [1.82, 2.24) is 5.43 Å². The van der Waals surface area contributed by atoms with Crippen molar-refractivity contribution in [1.29, 1.82) is 0 Å². The summed E-state index contributed by atoms with van der Waals surface area (Å²) in [6.07, 6.45) is 1.79. The molecule has 2 aromatic rings. The zero-order chi connectivity index (χ0) is 15.9. The molecule has 0 aliphatic carbocycles. The van der Waals surface area contributed by atoms with Crippen LogP contribution in [0, 0.1) is 6.92 Å². The fourth-order valence-corrected chi connectivity index (χ4v) is 2.54. The van der Waals surface area contributed by atoms with Crippen LogP contribution in [0.2, 0.25) is 0 Å². The largest absolute Gasteiger partial charge is 0.272 e. The van der Waals surface area contributed by atoms with Gasteiger partial charge < -0.3 is 0 Å². The number of benzene rings is 2. The molecule has 1 amide bonds. The number of rotatable bonds is 5. The predicted octanol–water partition coefficient (Wildman–Crippen LogP) is 4.69. The van der Waals surface area contributed by atoms with E-state index < -0.39 is 0 Å². The summed E-state index contributed by atoms with van der Waals surface area (Å²) < 4.78 is 0.759. The van der Waals surface area contributed by atoms with E-state index in [1.807, 2.05) is 30.3 Å². The van der Waals surface area contributed by atoms with E-state index in [2.05, 4.69) is 52.4 Å². The average Bonchev–Trinajstić information content (AvgIpc) is 2.52. The minimum atomic E-state index is -0.215. The van der Waals surface area contributed by atoms with Gasteiger partial charge in [0, 0.05) is 4.47 Å². The Morgan fingerprint density at radius 1 is 1.14 bits per heavy atom. The number of halogens is 1. The number of amides is 1. The van der Waals surface area contributed by atoms with Crippen LogP contribution in [-0.4, -0.2) is 11.6 Å². The van der Waals surface area contributed by atoms with Crippen molar-refractivity contribution < 1.29 is 4.79 Å². The third-order valence-corrected chi connectivity index (χ3v) is 3.97. The predicted molar refractivity (Wildman–Crippen MR) is 94.2 cm³/mol. The number of hydrazone groups is 1. The molecule has 2 rings (SSSR count). The molecule has 0 saturated heterocycles. The number of hydrogen-bond donors (Lipinski definition) is 1. The van der Waals surface area contributed by atoms with Gasteiger partial charge in [-0.15, -0.1) is 0 Å². The van der Waals surface area contributed by atoms with Gasteiger partial charge in [0.25, 0.3) is 5.91 Å². The Hall–Kier alpha value is -1.94. The van der Waals surface area contributed by atoms with Crippen LogP contribution in [0.5, 0.6) is 0 Å². The van der Waals surface area contributed by atoms with E-state index in [1.165, 1.54) is 5.56 Å². The standard InChI is InChI=1S/C18H19BrN2O/c1-3-6-17(14-11-9-13(2)10-12-14)20-21-18(22)15-7-4-5-8-16(15)19/h4-5,7-12H,3,6H2,1-2H3,(H,21,22)/b20-17-. The third-order valence-electron chi connectivity index (χ3n) is 3.28. The summed E-state index contributed by atoms with van der Waals surface area (Å²) in [5, 5.41) is 4.33. The first-order chi connectivity index (χ1) is 10.6. The molecule has 0 aliphatic heterocycles. The van der Waals surface area contributed by atoms with Crippen LogP contribution in [0.1, 0.15) is 41.3 Å². The Labute approximate surface area is 139 Å². The molecule has 0 spiro atoms. The van der Waals surface area contributed by atoms with Gasteiger partial charge >= 0.3 is 0 Å². The van der Waals surface area contributed by atoms with Crippen molar-refractivity contribution in [2.45, 2.75) is 26.7 Å². The van der Waals surface area contributed by atoms with E-state index in [0.717, 1.165) is 28.6 Å². The maximum Gasteiger partial charge on any atom is 0.272 e. The highest BCUT2D eigenvalue weighted by molar-refractivity contribution is 9.10. The first-order valence-corrected chi connectivity index (χ1v) is 8.09. The molecule has 0 unspecified atom stereocenters. The van der Waals surface area contributed by atoms with Crippen molar-refractivity contribution in [2.75, 3.05) is 0 Å². The van der Waals surface area contributed by atoms with E-state index in [9.17, 15) is 4.79 Å². The van der Waals surface area contributed by atoms with Crippen LogP contribution in [0.3, 0.4) is 0 Å². The lowest BCUT2D eigenvalue weighted by molar-refractivity contribution is 0.0954. The van der Waals surface area contributed by atoms with Crippen molar-refractivity contribution in [2.24, 2.45) is 5.10 Å². The quantitative estimate of drug-likeness (QED) is 0.611. The summed E-state index contributed by atoms with van der Waals surface area (Å²) in [6, 6.07) is 15.5. The van der Waals surface area contributed by atoms with Crippen molar-refractivity contribution in [3.8, 4) is 0 Å². The first kappa shape index (κ1) is 16.4. The second kappa shape index (κ2) is 7.90. The lowest BCUT2D eigenvalue weighted by Crippen LogP contribution is -2.20. The molecule has 0 heterocycles. The van der Waals surface area contributed by atoms with Gasteiger partial charge in [-0.1, -0.05) is 55.3 Å². The number of hydrogen-bond acceptors (Lipinski definition) is 2. The Balaban J connectivity index is 2.18. The summed E-state index contributed by atoms with van der Waals surface area (Å²) in [5.74, 6) is -0.215. The van der Waals surface area contributed by atoms with Crippen LogP contribution in [0.4, 0.5) is 0 Å². The van der Waals surface area contributed by atoms with Gasteiger partial charge in [0.1, 0.15) is 0 Å². The molecule has 3 nitrogen and oxygen atoms in total. The van der Waals surface area contributed by atoms with E-state index in [4.69, 9.17) is 0 Å². The van der Waals surface area contributed by atoms with Crippen molar-refractivity contribution in [3.63, 3.8) is 0 Å². The van der Waals surface area contributed by atoms with Gasteiger partial charge in [-0.2, -0.15) is 5.10 Å². The Morgan fingerprint density at radius 2 is 1.82 bits per heavy atom. The molecule has 0 bridgehead atoms. The van der Waals surface area contributed by atoms with Gasteiger partial charge in [-0.25, -0.2) is 5.43 Å². The second-order valence-electron chi connectivity index (χ2n) is 5.10. The highest BCUT2D eigenvalue weighted by atomic mass is 79.9. The molecule has 0 saturated carbocycles. The van der Waals surface area contributed by atoms with Crippen LogP contribution in [0.25, 0.3) is 0 Å². The Kier molecular flexibility index (Phi) is 5.90. The summed E-state index contributed by atoms with van der Waals surface area (Å²) in [6.45, 7) is 4.15. The summed E-state index contributed by atoms with van der Waals surface area (Å²) in [4.78, 5) is 12.2. The van der Waals surface area contributed by atoms with Crippen molar-refractivity contribution >= 4 is 27.5 Å². The van der Waals surface area contributed by atoms with Gasteiger partial charge in [0.2, 0.25) is 0 Å². The molecule has 1 N–H and O–H groups in total. The van der Waals surface area contributed by atoms with Crippen LogP contribution in [-0.2, 0) is 0 Å². The maximum atomic E-state index is 12.2. The van der Waals surface area contributed by atoms with Gasteiger partial charge in [-0.3, -0.25) is 4.79 Å². The van der Waals surface area contributed by atoms with Gasteiger partial charge in [-0.05, 0) is 47.0 Å². The molecule has 4 heteroatoms. The monoisotopic (exact) mass is 358 g/mol. The fraction of sp³-hybridized carbons (Fsp3) is 0.222. The molecular formula is C18H19BrN2O. The van der Waals surface area contributed by atoms with E-state index >= 15 is 0 Å². The van der Waals surface area contributed by atoms with Crippen LogP contribution < -0.4 is 5.43 Å². The number of aryl methyl sites for hydroxylation is 1. The molecule has 0 radical (unpaired) electrons.